The first-order valence-corrected chi connectivity index (χ1v) is 10.5. The van der Waals surface area contributed by atoms with E-state index >= 15 is 0 Å². The van der Waals surface area contributed by atoms with Gasteiger partial charge in [0.25, 0.3) is 0 Å². The second-order valence-electron chi connectivity index (χ2n) is 8.47. The van der Waals surface area contributed by atoms with Crippen LogP contribution in [0.25, 0.3) is 11.1 Å². The van der Waals surface area contributed by atoms with Crippen LogP contribution in [0, 0.1) is 19.3 Å². The lowest BCUT2D eigenvalue weighted by Gasteiger charge is -2.36. The van der Waals surface area contributed by atoms with Gasteiger partial charge in [0.1, 0.15) is 0 Å². The Bertz CT molecular complexity index is 802. The van der Waals surface area contributed by atoms with Crippen LogP contribution in [0.5, 0.6) is 0 Å². The predicted molar refractivity (Wildman–Crippen MR) is 117 cm³/mol. The average Bonchev–Trinajstić information content (AvgIpc) is 2.68. The first-order valence-electron chi connectivity index (χ1n) is 10.5. The Morgan fingerprint density at radius 2 is 1.69 bits per heavy atom. The van der Waals surface area contributed by atoms with E-state index in [1.807, 2.05) is 6.92 Å². The van der Waals surface area contributed by atoms with Crippen molar-refractivity contribution in [3.05, 3.63) is 59.2 Å². The van der Waals surface area contributed by atoms with Gasteiger partial charge in [0, 0.05) is 26.4 Å². The fraction of sp³-hybridized carbons (Fsp3) is 0.480. The predicted octanol–water partition coefficient (Wildman–Crippen LogP) is 4.46. The van der Waals surface area contributed by atoms with Crippen LogP contribution in [0.4, 0.5) is 0 Å². The lowest BCUT2D eigenvalue weighted by atomic mass is 9.74. The third-order valence-electron chi connectivity index (χ3n) is 5.78. The third kappa shape index (κ3) is 5.46. The van der Waals surface area contributed by atoms with Gasteiger partial charge in [-0.2, -0.15) is 0 Å². The Morgan fingerprint density at radius 1 is 1.07 bits per heavy atom. The van der Waals surface area contributed by atoms with Gasteiger partial charge in [0.05, 0.1) is 12.0 Å². The molecule has 0 spiro atoms. The van der Waals surface area contributed by atoms with Gasteiger partial charge in [-0.05, 0) is 56.7 Å². The number of hydrogen-bond acceptors (Lipinski definition) is 3. The highest BCUT2D eigenvalue weighted by molar-refractivity contribution is 5.83. The van der Waals surface area contributed by atoms with Crippen molar-refractivity contribution < 1.29 is 14.3 Å². The smallest absolute Gasteiger partial charge is 0.227 e. The summed E-state index contributed by atoms with van der Waals surface area (Å²) in [5.41, 5.74) is 5.76. The van der Waals surface area contributed by atoms with Gasteiger partial charge in [-0.15, -0.1) is 0 Å². The van der Waals surface area contributed by atoms with Crippen LogP contribution in [0.3, 0.4) is 0 Å². The Labute approximate surface area is 174 Å². The monoisotopic (exact) mass is 395 g/mol. The summed E-state index contributed by atoms with van der Waals surface area (Å²) >= 11 is 0. The van der Waals surface area contributed by atoms with E-state index in [9.17, 15) is 4.79 Å². The molecule has 1 N–H and O–H groups in total. The number of amides is 1. The van der Waals surface area contributed by atoms with Crippen molar-refractivity contribution in [2.24, 2.45) is 5.41 Å². The molecule has 2 aromatic carbocycles. The van der Waals surface area contributed by atoms with E-state index in [1.165, 1.54) is 27.8 Å². The third-order valence-corrected chi connectivity index (χ3v) is 5.78. The maximum absolute atomic E-state index is 13.2. The maximum atomic E-state index is 13.2. The Kier molecular flexibility index (Phi) is 7.09. The Hall–Kier alpha value is -2.17. The van der Waals surface area contributed by atoms with E-state index in [2.05, 4.69) is 61.6 Å². The molecule has 0 aromatic heterocycles. The highest BCUT2D eigenvalue weighted by Gasteiger charge is 2.40. The molecule has 4 nitrogen and oxygen atoms in total. The van der Waals surface area contributed by atoms with Gasteiger partial charge in [0.15, 0.2) is 0 Å². The number of methoxy groups -OCH3 is 1. The van der Waals surface area contributed by atoms with Gasteiger partial charge < -0.3 is 14.8 Å². The van der Waals surface area contributed by atoms with Crippen LogP contribution in [-0.2, 0) is 20.7 Å². The molecule has 1 heterocycles. The van der Waals surface area contributed by atoms with Gasteiger partial charge in [0.2, 0.25) is 5.91 Å². The van der Waals surface area contributed by atoms with Crippen molar-refractivity contribution in [1.82, 2.24) is 5.32 Å². The number of ether oxygens (including phenoxy) is 2. The molecule has 2 aromatic rings. The minimum absolute atomic E-state index is 0.000782. The Balaban J connectivity index is 1.78. The van der Waals surface area contributed by atoms with Crippen molar-refractivity contribution in [3.8, 4) is 11.1 Å². The van der Waals surface area contributed by atoms with E-state index in [0.717, 1.165) is 19.3 Å². The summed E-state index contributed by atoms with van der Waals surface area (Å²) in [5.74, 6) is 0.115. The minimum atomic E-state index is -0.415. The van der Waals surface area contributed by atoms with Crippen LogP contribution < -0.4 is 5.32 Å². The first kappa shape index (κ1) is 21.5. The number of carbonyl (C=O) groups excluding carboxylic acids is 1. The molecule has 29 heavy (non-hydrogen) atoms. The Morgan fingerprint density at radius 3 is 2.28 bits per heavy atom. The summed E-state index contributed by atoms with van der Waals surface area (Å²) < 4.78 is 10.7. The topological polar surface area (TPSA) is 47.6 Å². The summed E-state index contributed by atoms with van der Waals surface area (Å²) in [6, 6.07) is 15.3. The zero-order valence-corrected chi connectivity index (χ0v) is 18.1. The SMILES string of the molecule is COC[C@@H](C)NC(=O)C1(Cc2ccc(-c3cc(C)cc(C)c3)cc2)CCOCC1. The second kappa shape index (κ2) is 9.55. The number of carbonyl (C=O) groups is 1. The van der Waals surface area contributed by atoms with E-state index in [1.54, 1.807) is 7.11 Å². The van der Waals surface area contributed by atoms with Crippen molar-refractivity contribution >= 4 is 5.91 Å². The molecule has 156 valence electrons. The van der Waals surface area contributed by atoms with Gasteiger partial charge in [-0.25, -0.2) is 0 Å². The molecule has 0 unspecified atom stereocenters. The van der Waals surface area contributed by atoms with Crippen molar-refractivity contribution in [2.45, 2.75) is 46.1 Å². The molecule has 3 rings (SSSR count). The van der Waals surface area contributed by atoms with Crippen LogP contribution >= 0.6 is 0 Å². The normalized spacial score (nSPS) is 17.0. The maximum Gasteiger partial charge on any atom is 0.227 e. The zero-order chi connectivity index (χ0) is 20.9. The molecule has 1 aliphatic heterocycles. The quantitative estimate of drug-likeness (QED) is 0.753. The zero-order valence-electron chi connectivity index (χ0n) is 18.1. The molecule has 1 fully saturated rings. The molecule has 1 amide bonds. The lowest BCUT2D eigenvalue weighted by Crippen LogP contribution is -2.49. The van der Waals surface area contributed by atoms with Gasteiger partial charge in [-0.1, -0.05) is 53.6 Å². The van der Waals surface area contributed by atoms with Crippen LogP contribution in [-0.4, -0.2) is 38.9 Å². The average molecular weight is 396 g/mol. The largest absolute Gasteiger partial charge is 0.383 e. The van der Waals surface area contributed by atoms with Gasteiger partial charge >= 0.3 is 0 Å². The number of nitrogens with one attached hydrogen (secondary N) is 1. The highest BCUT2D eigenvalue weighted by atomic mass is 16.5. The molecule has 0 radical (unpaired) electrons. The van der Waals surface area contributed by atoms with Crippen LogP contribution in [0.1, 0.15) is 36.5 Å². The molecule has 0 saturated carbocycles. The molecule has 1 aliphatic rings. The van der Waals surface area contributed by atoms with E-state index in [4.69, 9.17) is 9.47 Å². The molecule has 0 bridgehead atoms. The van der Waals surface area contributed by atoms with Crippen molar-refractivity contribution in [3.63, 3.8) is 0 Å². The summed E-state index contributed by atoms with van der Waals surface area (Å²) in [5, 5.41) is 3.14. The number of rotatable bonds is 7. The number of aryl methyl sites for hydroxylation is 2. The van der Waals surface area contributed by atoms with Crippen molar-refractivity contribution in [2.75, 3.05) is 26.9 Å². The molecule has 0 aliphatic carbocycles. The number of hydrogen-bond donors (Lipinski definition) is 1. The van der Waals surface area contributed by atoms with Gasteiger partial charge in [-0.3, -0.25) is 4.79 Å². The second-order valence-corrected chi connectivity index (χ2v) is 8.47. The summed E-state index contributed by atoms with van der Waals surface area (Å²) in [7, 11) is 1.66. The molecule has 1 atom stereocenters. The van der Waals surface area contributed by atoms with E-state index in [-0.39, 0.29) is 11.9 Å². The first-order chi connectivity index (χ1) is 13.9. The minimum Gasteiger partial charge on any atom is -0.383 e. The summed E-state index contributed by atoms with van der Waals surface area (Å²) in [6.45, 7) is 8.02. The highest BCUT2D eigenvalue weighted by Crippen LogP contribution is 2.35. The molecule has 1 saturated heterocycles. The van der Waals surface area contributed by atoms with Crippen LogP contribution in [0.2, 0.25) is 0 Å². The van der Waals surface area contributed by atoms with Crippen molar-refractivity contribution in [1.29, 1.82) is 0 Å². The molecular weight excluding hydrogens is 362 g/mol. The number of benzene rings is 2. The summed E-state index contributed by atoms with van der Waals surface area (Å²) in [6.07, 6.45) is 2.23. The lowest BCUT2D eigenvalue weighted by molar-refractivity contribution is -0.137. The summed E-state index contributed by atoms with van der Waals surface area (Å²) in [4.78, 5) is 13.2. The molecule has 4 heteroatoms. The standard InChI is InChI=1S/C25H33NO3/c1-18-13-19(2)15-23(14-18)22-7-5-21(6-8-22)16-25(9-11-29-12-10-25)24(27)26-20(3)17-28-4/h5-8,13-15,20H,9-12,16-17H2,1-4H3,(H,26,27)/t20-/m1/s1. The van der Waals surface area contributed by atoms with Crippen LogP contribution in [0.15, 0.2) is 42.5 Å². The fourth-order valence-corrected chi connectivity index (χ4v) is 4.26. The molecular formula is C25H33NO3. The van der Waals surface area contributed by atoms with E-state index in [0.29, 0.717) is 19.8 Å². The fourth-order valence-electron chi connectivity index (χ4n) is 4.26. The van der Waals surface area contributed by atoms with E-state index < -0.39 is 5.41 Å².